The number of aryl methyl sites for hydroxylation is 1. The summed E-state index contributed by atoms with van der Waals surface area (Å²) < 4.78 is 7.21. The zero-order chi connectivity index (χ0) is 20.6. The molecule has 1 aromatic carbocycles. The van der Waals surface area contributed by atoms with Crippen molar-refractivity contribution in [3.63, 3.8) is 0 Å². The molecule has 0 atom stereocenters. The number of nitrogens with one attached hydrogen (secondary N) is 2. The first-order valence-electron chi connectivity index (χ1n) is 9.60. The van der Waals surface area contributed by atoms with E-state index in [0.717, 1.165) is 24.6 Å². The summed E-state index contributed by atoms with van der Waals surface area (Å²) in [5.74, 6) is 0.872. The number of carbonyl (C=O) groups excluding carboxylic acids is 1. The number of amides is 1. The van der Waals surface area contributed by atoms with E-state index in [0.29, 0.717) is 12.2 Å². The summed E-state index contributed by atoms with van der Waals surface area (Å²) in [5, 5.41) is 6.15. The van der Waals surface area contributed by atoms with E-state index in [1.165, 1.54) is 12.0 Å². The van der Waals surface area contributed by atoms with Gasteiger partial charge in [-0.05, 0) is 48.9 Å². The van der Waals surface area contributed by atoms with Crippen LogP contribution in [0.15, 0.2) is 70.4 Å². The van der Waals surface area contributed by atoms with E-state index in [1.54, 1.807) is 12.1 Å². The highest BCUT2D eigenvalue weighted by Crippen LogP contribution is 2.13. The van der Waals surface area contributed by atoms with E-state index < -0.39 is 0 Å². The van der Waals surface area contributed by atoms with Crippen LogP contribution in [0.2, 0.25) is 0 Å². The summed E-state index contributed by atoms with van der Waals surface area (Å²) in [7, 11) is 4.07. The number of rotatable bonds is 7. The number of nitrogens with zero attached hydrogens (tertiary/aromatic N) is 3. The second-order valence-electron chi connectivity index (χ2n) is 6.77. The third-order valence-corrected chi connectivity index (χ3v) is 4.52. The van der Waals surface area contributed by atoms with Gasteiger partial charge in [0.05, 0.1) is 19.4 Å². The smallest absolute Gasteiger partial charge is 0.291 e. The van der Waals surface area contributed by atoms with Crippen LogP contribution in [0.5, 0.6) is 0 Å². The Kier molecular flexibility index (Phi) is 8.97. The molecular formula is C22H28IN5O2. The molecule has 160 valence electrons. The van der Waals surface area contributed by atoms with Gasteiger partial charge in [0, 0.05) is 38.2 Å². The van der Waals surface area contributed by atoms with Crippen LogP contribution in [0.1, 0.15) is 28.7 Å². The van der Waals surface area contributed by atoms with Gasteiger partial charge in [-0.2, -0.15) is 0 Å². The molecule has 3 aromatic rings. The van der Waals surface area contributed by atoms with Crippen molar-refractivity contribution in [1.82, 2.24) is 14.8 Å². The molecule has 0 bridgehead atoms. The van der Waals surface area contributed by atoms with Crippen LogP contribution in [-0.4, -0.2) is 34.9 Å². The molecular weight excluding hydrogens is 493 g/mol. The molecule has 0 radical (unpaired) electrons. The fourth-order valence-corrected chi connectivity index (χ4v) is 2.91. The van der Waals surface area contributed by atoms with Crippen LogP contribution in [0, 0.1) is 0 Å². The monoisotopic (exact) mass is 521 g/mol. The number of aromatic nitrogens is 1. The Bertz CT molecular complexity index is 948. The van der Waals surface area contributed by atoms with Crippen LogP contribution in [0.25, 0.3) is 0 Å². The predicted molar refractivity (Wildman–Crippen MR) is 130 cm³/mol. The summed E-state index contributed by atoms with van der Waals surface area (Å²) >= 11 is 0. The zero-order valence-corrected chi connectivity index (χ0v) is 19.8. The summed E-state index contributed by atoms with van der Waals surface area (Å²) in [6, 6.07) is 15.1. The van der Waals surface area contributed by atoms with E-state index in [2.05, 4.69) is 33.1 Å². The molecule has 0 saturated heterocycles. The lowest BCUT2D eigenvalue weighted by Crippen LogP contribution is -2.38. The number of benzene rings is 1. The molecule has 7 nitrogen and oxygen atoms in total. The van der Waals surface area contributed by atoms with Crippen molar-refractivity contribution in [2.45, 2.75) is 20.0 Å². The van der Waals surface area contributed by atoms with Crippen molar-refractivity contribution in [3.8, 4) is 0 Å². The Morgan fingerprint density at radius 2 is 1.93 bits per heavy atom. The van der Waals surface area contributed by atoms with Crippen LogP contribution in [0.4, 0.5) is 5.69 Å². The average Bonchev–Trinajstić information content (AvgIpc) is 3.39. The lowest BCUT2D eigenvalue weighted by atomic mass is 10.2. The molecule has 3 rings (SSSR count). The average molecular weight is 521 g/mol. The lowest BCUT2D eigenvalue weighted by Gasteiger charge is -2.22. The summed E-state index contributed by atoms with van der Waals surface area (Å²) in [6.07, 6.45) is 3.52. The number of halogens is 1. The van der Waals surface area contributed by atoms with Gasteiger partial charge in [0.1, 0.15) is 0 Å². The maximum absolute atomic E-state index is 12.0. The number of aliphatic imine (C=N–C) groups is 1. The topological polar surface area (TPSA) is 74.8 Å². The Morgan fingerprint density at radius 3 is 2.53 bits per heavy atom. The highest BCUT2D eigenvalue weighted by Gasteiger charge is 2.10. The van der Waals surface area contributed by atoms with Crippen molar-refractivity contribution in [2.24, 2.45) is 12.0 Å². The first-order chi connectivity index (χ1) is 14.1. The van der Waals surface area contributed by atoms with Gasteiger partial charge in [-0.1, -0.05) is 12.1 Å². The summed E-state index contributed by atoms with van der Waals surface area (Å²) in [5.41, 5.74) is 2.99. The number of hydrogen-bond donors (Lipinski definition) is 2. The highest BCUT2D eigenvalue weighted by molar-refractivity contribution is 14.0. The van der Waals surface area contributed by atoms with Gasteiger partial charge >= 0.3 is 0 Å². The number of carbonyl (C=O) groups is 1. The molecule has 0 aliphatic rings. The molecule has 2 heterocycles. The van der Waals surface area contributed by atoms with Crippen molar-refractivity contribution in [2.75, 3.05) is 18.9 Å². The fraction of sp³-hybridized carbons (Fsp3) is 0.273. The molecule has 8 heteroatoms. The fourth-order valence-electron chi connectivity index (χ4n) is 2.91. The van der Waals surface area contributed by atoms with Crippen molar-refractivity contribution >= 4 is 41.5 Å². The zero-order valence-electron chi connectivity index (χ0n) is 17.5. The molecule has 0 aliphatic carbocycles. The second kappa shape index (κ2) is 11.4. The van der Waals surface area contributed by atoms with Crippen LogP contribution in [-0.2, 0) is 20.1 Å². The highest BCUT2D eigenvalue weighted by atomic mass is 127. The van der Waals surface area contributed by atoms with E-state index in [9.17, 15) is 4.79 Å². The summed E-state index contributed by atoms with van der Waals surface area (Å²) in [4.78, 5) is 18.9. The number of furan rings is 1. The molecule has 30 heavy (non-hydrogen) atoms. The van der Waals surface area contributed by atoms with Crippen molar-refractivity contribution in [1.29, 1.82) is 0 Å². The Balaban J connectivity index is 0.00000320. The first-order valence-corrected chi connectivity index (χ1v) is 9.60. The molecule has 0 fully saturated rings. The molecule has 2 aromatic heterocycles. The molecule has 0 saturated carbocycles. The van der Waals surface area contributed by atoms with Gasteiger partial charge in [0.25, 0.3) is 5.91 Å². The van der Waals surface area contributed by atoms with Crippen LogP contribution in [0.3, 0.4) is 0 Å². The maximum Gasteiger partial charge on any atom is 0.291 e. The Labute approximate surface area is 194 Å². The Morgan fingerprint density at radius 1 is 1.17 bits per heavy atom. The predicted octanol–water partition coefficient (Wildman–Crippen LogP) is 4.09. The normalized spacial score (nSPS) is 11.0. The van der Waals surface area contributed by atoms with Gasteiger partial charge < -0.3 is 24.5 Å². The quantitative estimate of drug-likeness (QED) is 0.279. The SMILES string of the molecule is CCNC(=NCc1ccc(NC(=O)c2ccco2)cc1)N(C)Cc1cccn1C.I. The number of guanidine groups is 1. The van der Waals surface area contributed by atoms with E-state index in [4.69, 9.17) is 9.41 Å². The second-order valence-corrected chi connectivity index (χ2v) is 6.77. The van der Waals surface area contributed by atoms with Gasteiger partial charge in [0.2, 0.25) is 0 Å². The van der Waals surface area contributed by atoms with E-state index >= 15 is 0 Å². The van der Waals surface area contributed by atoms with Gasteiger partial charge in [-0.25, -0.2) is 4.99 Å². The largest absolute Gasteiger partial charge is 0.459 e. The van der Waals surface area contributed by atoms with E-state index in [1.807, 2.05) is 50.6 Å². The summed E-state index contributed by atoms with van der Waals surface area (Å²) in [6.45, 7) is 4.18. The minimum atomic E-state index is -0.266. The minimum Gasteiger partial charge on any atom is -0.459 e. The third kappa shape index (κ3) is 6.38. The van der Waals surface area contributed by atoms with Crippen LogP contribution >= 0.6 is 24.0 Å². The minimum absolute atomic E-state index is 0. The number of anilines is 1. The van der Waals surface area contributed by atoms with Gasteiger partial charge in [-0.15, -0.1) is 24.0 Å². The molecule has 1 amide bonds. The molecule has 0 aliphatic heterocycles. The molecule has 0 spiro atoms. The van der Waals surface area contributed by atoms with Crippen molar-refractivity contribution < 1.29 is 9.21 Å². The molecule has 0 unspecified atom stereocenters. The third-order valence-electron chi connectivity index (χ3n) is 4.52. The lowest BCUT2D eigenvalue weighted by molar-refractivity contribution is 0.0996. The van der Waals surface area contributed by atoms with Gasteiger partial charge in [-0.3, -0.25) is 4.79 Å². The molecule has 2 N–H and O–H groups in total. The van der Waals surface area contributed by atoms with Crippen LogP contribution < -0.4 is 10.6 Å². The Hall–Kier alpha value is -2.75. The van der Waals surface area contributed by atoms with Crippen molar-refractivity contribution in [3.05, 3.63) is 78.0 Å². The first kappa shape index (κ1) is 23.5. The van der Waals surface area contributed by atoms with E-state index in [-0.39, 0.29) is 35.6 Å². The van der Waals surface area contributed by atoms with Gasteiger partial charge in [0.15, 0.2) is 11.7 Å². The standard InChI is InChI=1S/C22H27N5O2.HI/c1-4-23-22(27(3)16-19-7-5-13-26(19)2)24-15-17-9-11-18(12-10-17)25-21(28)20-8-6-14-29-20;/h5-14H,4,15-16H2,1-3H3,(H,23,24)(H,25,28);1H. The number of hydrogen-bond acceptors (Lipinski definition) is 3. The maximum atomic E-state index is 12.0.